The zero-order valence-corrected chi connectivity index (χ0v) is 17.5. The summed E-state index contributed by atoms with van der Waals surface area (Å²) in [7, 11) is 4.56. The Balaban J connectivity index is 2.21. The van der Waals surface area contributed by atoms with Crippen LogP contribution in [0.3, 0.4) is 0 Å². The van der Waals surface area contributed by atoms with Crippen LogP contribution in [0.1, 0.15) is 39.4 Å². The van der Waals surface area contributed by atoms with Crippen LogP contribution in [-0.4, -0.2) is 75.7 Å². The van der Waals surface area contributed by atoms with Crippen LogP contribution in [0, 0.1) is 6.92 Å². The molecule has 0 aliphatic carbocycles. The third-order valence-corrected chi connectivity index (χ3v) is 5.61. The second-order valence-electron chi connectivity index (χ2n) is 7.09. The normalized spacial score (nSPS) is 22.2. The van der Waals surface area contributed by atoms with Crippen LogP contribution in [-0.2, 0) is 14.3 Å². The third kappa shape index (κ3) is 5.06. The lowest BCUT2D eigenvalue weighted by Crippen LogP contribution is -3.16. The standard InChI is InChI=1S/C18H27N3O5S/c1-10-7-21(8-11(2)26-10)9-13(22)19-16-14(18(24)25-6)12(3)15(27-16)17(23)20(4)5/h10-11H,7-9H2,1-6H3,(H,19,22)/p+1/t10-,11-/m0/s1. The van der Waals surface area contributed by atoms with Gasteiger partial charge in [0.05, 0.1) is 17.6 Å². The zero-order valence-electron chi connectivity index (χ0n) is 16.7. The molecular weight excluding hydrogens is 370 g/mol. The molecule has 1 aliphatic rings. The van der Waals surface area contributed by atoms with Gasteiger partial charge in [0.1, 0.15) is 30.3 Å². The third-order valence-electron chi connectivity index (χ3n) is 4.42. The van der Waals surface area contributed by atoms with Gasteiger partial charge in [-0.2, -0.15) is 0 Å². The highest BCUT2D eigenvalue weighted by Gasteiger charge is 2.30. The molecule has 2 atom stereocenters. The van der Waals surface area contributed by atoms with Crippen molar-refractivity contribution in [2.75, 3.05) is 46.2 Å². The molecule has 0 spiro atoms. The van der Waals surface area contributed by atoms with Crippen LogP contribution in [0.5, 0.6) is 0 Å². The molecule has 2 N–H and O–H groups in total. The monoisotopic (exact) mass is 398 g/mol. The average molecular weight is 399 g/mol. The van der Waals surface area contributed by atoms with Crippen LogP contribution in [0.15, 0.2) is 0 Å². The van der Waals surface area contributed by atoms with Crippen molar-refractivity contribution in [3.8, 4) is 0 Å². The van der Waals surface area contributed by atoms with Gasteiger partial charge >= 0.3 is 5.97 Å². The smallest absolute Gasteiger partial charge is 0.341 e. The number of rotatable bonds is 5. The summed E-state index contributed by atoms with van der Waals surface area (Å²) in [6.07, 6.45) is 0.186. The van der Waals surface area contributed by atoms with Gasteiger partial charge < -0.3 is 24.6 Å². The van der Waals surface area contributed by atoms with E-state index in [1.54, 1.807) is 21.0 Å². The topological polar surface area (TPSA) is 89.4 Å². The molecule has 1 aromatic rings. The summed E-state index contributed by atoms with van der Waals surface area (Å²) in [5, 5.41) is 3.15. The number of quaternary nitrogens is 1. The van der Waals surface area contributed by atoms with Crippen LogP contribution >= 0.6 is 11.3 Å². The van der Waals surface area contributed by atoms with Crippen molar-refractivity contribution in [2.24, 2.45) is 0 Å². The van der Waals surface area contributed by atoms with Crippen molar-refractivity contribution in [2.45, 2.75) is 33.0 Å². The van der Waals surface area contributed by atoms with Crippen molar-refractivity contribution in [1.29, 1.82) is 0 Å². The maximum absolute atomic E-state index is 12.6. The summed E-state index contributed by atoms with van der Waals surface area (Å²) in [5.74, 6) is -0.996. The minimum Gasteiger partial charge on any atom is -0.465 e. The molecular formula is C18H28N3O5S+. The maximum atomic E-state index is 12.6. The number of carbonyl (C=O) groups excluding carboxylic acids is 3. The van der Waals surface area contributed by atoms with Gasteiger partial charge in [-0.05, 0) is 26.3 Å². The second-order valence-corrected chi connectivity index (χ2v) is 8.11. The van der Waals surface area contributed by atoms with Gasteiger partial charge in [-0.15, -0.1) is 11.3 Å². The first-order chi connectivity index (χ1) is 12.6. The summed E-state index contributed by atoms with van der Waals surface area (Å²) in [6, 6.07) is 0. The van der Waals surface area contributed by atoms with Gasteiger partial charge in [0, 0.05) is 14.1 Å². The fourth-order valence-corrected chi connectivity index (χ4v) is 4.52. The minimum absolute atomic E-state index is 0.0930. The Morgan fingerprint density at radius 3 is 2.37 bits per heavy atom. The Labute approximate surface area is 163 Å². The van der Waals surface area contributed by atoms with Crippen LogP contribution in [0.2, 0.25) is 0 Å². The Bertz CT molecular complexity index is 721. The van der Waals surface area contributed by atoms with E-state index < -0.39 is 5.97 Å². The number of anilines is 1. The van der Waals surface area contributed by atoms with Gasteiger partial charge in [0.15, 0.2) is 6.54 Å². The molecule has 1 fully saturated rings. The Morgan fingerprint density at radius 2 is 1.85 bits per heavy atom. The summed E-state index contributed by atoms with van der Waals surface area (Å²) < 4.78 is 10.5. The number of esters is 1. The van der Waals surface area contributed by atoms with E-state index in [2.05, 4.69) is 5.32 Å². The van der Waals surface area contributed by atoms with Gasteiger partial charge in [-0.1, -0.05) is 0 Å². The Hall–Kier alpha value is -1.97. The van der Waals surface area contributed by atoms with Crippen LogP contribution in [0.4, 0.5) is 5.00 Å². The number of nitrogens with zero attached hydrogens (tertiary/aromatic N) is 1. The summed E-state index contributed by atoms with van der Waals surface area (Å²) in [4.78, 5) is 40.1. The SMILES string of the molecule is COC(=O)c1c(NC(=O)C[NH+]2C[C@H](C)O[C@@H](C)C2)sc(C(=O)N(C)C)c1C. The fourth-order valence-electron chi connectivity index (χ4n) is 3.29. The Kier molecular flexibility index (Phi) is 6.96. The minimum atomic E-state index is -0.571. The van der Waals surface area contributed by atoms with Crippen molar-refractivity contribution in [3.63, 3.8) is 0 Å². The number of methoxy groups -OCH3 is 1. The molecule has 8 nitrogen and oxygen atoms in total. The highest BCUT2D eigenvalue weighted by Crippen LogP contribution is 2.34. The molecule has 2 rings (SSSR count). The molecule has 0 saturated carbocycles. The Morgan fingerprint density at radius 1 is 1.26 bits per heavy atom. The zero-order chi connectivity index (χ0) is 20.3. The van der Waals surface area contributed by atoms with Gasteiger partial charge in [0.2, 0.25) is 0 Å². The van der Waals surface area contributed by atoms with Gasteiger partial charge in [-0.3, -0.25) is 9.59 Å². The number of amides is 2. The second kappa shape index (κ2) is 8.81. The lowest BCUT2D eigenvalue weighted by Gasteiger charge is -2.31. The lowest BCUT2D eigenvalue weighted by atomic mass is 10.1. The molecule has 2 amide bonds. The van der Waals surface area contributed by atoms with Crippen molar-refractivity contribution >= 4 is 34.1 Å². The number of morpholine rings is 1. The fraction of sp³-hybridized carbons (Fsp3) is 0.611. The molecule has 0 radical (unpaired) electrons. The van der Waals surface area contributed by atoms with Crippen LogP contribution in [0.25, 0.3) is 0 Å². The van der Waals surface area contributed by atoms with Crippen molar-refractivity contribution < 1.29 is 28.8 Å². The van der Waals surface area contributed by atoms with Crippen molar-refractivity contribution in [1.82, 2.24) is 4.90 Å². The maximum Gasteiger partial charge on any atom is 0.341 e. The van der Waals surface area contributed by atoms with E-state index in [4.69, 9.17) is 9.47 Å². The predicted octanol–water partition coefficient (Wildman–Crippen LogP) is 0.176. The molecule has 0 bridgehead atoms. The van der Waals surface area contributed by atoms with E-state index in [-0.39, 0.29) is 36.1 Å². The first-order valence-electron chi connectivity index (χ1n) is 8.86. The summed E-state index contributed by atoms with van der Waals surface area (Å²) in [6.45, 7) is 7.43. The number of nitrogens with one attached hydrogen (secondary N) is 2. The lowest BCUT2D eigenvalue weighted by molar-refractivity contribution is -0.907. The molecule has 27 heavy (non-hydrogen) atoms. The van der Waals surface area contributed by atoms with E-state index in [9.17, 15) is 14.4 Å². The van der Waals surface area contributed by atoms with E-state index in [0.29, 0.717) is 15.4 Å². The highest BCUT2D eigenvalue weighted by atomic mass is 32.1. The van der Waals surface area contributed by atoms with Crippen LogP contribution < -0.4 is 10.2 Å². The summed E-state index contributed by atoms with van der Waals surface area (Å²) >= 11 is 1.10. The number of carbonyl (C=O) groups is 3. The summed E-state index contributed by atoms with van der Waals surface area (Å²) in [5.41, 5.74) is 0.751. The van der Waals surface area contributed by atoms with Crippen molar-refractivity contribution in [3.05, 3.63) is 16.0 Å². The molecule has 1 aliphatic heterocycles. The number of thiophene rings is 1. The van der Waals surface area contributed by atoms with Gasteiger partial charge in [0.25, 0.3) is 11.8 Å². The largest absolute Gasteiger partial charge is 0.465 e. The molecule has 150 valence electrons. The first-order valence-corrected chi connectivity index (χ1v) is 9.67. The van der Waals surface area contributed by atoms with E-state index in [1.165, 1.54) is 12.0 Å². The molecule has 0 aromatic carbocycles. The van der Waals surface area contributed by atoms with E-state index in [1.807, 2.05) is 13.8 Å². The number of hydrogen-bond acceptors (Lipinski definition) is 6. The first kappa shape index (κ1) is 21.3. The predicted molar refractivity (Wildman–Crippen MR) is 103 cm³/mol. The molecule has 9 heteroatoms. The quantitative estimate of drug-likeness (QED) is 0.691. The van der Waals surface area contributed by atoms with Gasteiger partial charge in [-0.25, -0.2) is 4.79 Å². The molecule has 1 aromatic heterocycles. The highest BCUT2D eigenvalue weighted by molar-refractivity contribution is 7.18. The molecule has 0 unspecified atom stereocenters. The number of ether oxygens (including phenoxy) is 2. The van der Waals surface area contributed by atoms with E-state index in [0.717, 1.165) is 29.3 Å². The average Bonchev–Trinajstić information content (AvgIpc) is 2.88. The van der Waals surface area contributed by atoms with E-state index >= 15 is 0 Å². The molecule has 2 heterocycles. The molecule has 1 saturated heterocycles. The number of hydrogen-bond donors (Lipinski definition) is 2.